The van der Waals surface area contributed by atoms with Gasteiger partial charge < -0.3 is 14.5 Å². The molecule has 2 aromatic heterocycles. The number of nitrogens with zero attached hydrogens (tertiary/aromatic N) is 5. The van der Waals surface area contributed by atoms with E-state index < -0.39 is 11.2 Å². The second-order valence-electron chi connectivity index (χ2n) is 7.60. The first-order chi connectivity index (χ1) is 16.1. The van der Waals surface area contributed by atoms with E-state index in [0.717, 1.165) is 4.57 Å². The Labute approximate surface area is 187 Å². The summed E-state index contributed by atoms with van der Waals surface area (Å²) < 4.78 is 20.4. The van der Waals surface area contributed by atoms with Gasteiger partial charge in [0.25, 0.3) is 5.56 Å². The molecule has 3 heterocycles. The number of halogens is 1. The van der Waals surface area contributed by atoms with Crippen molar-refractivity contribution >= 4 is 22.7 Å². The Hall–Kier alpha value is -4.21. The van der Waals surface area contributed by atoms with Crippen molar-refractivity contribution in [3.8, 4) is 11.4 Å². The minimum absolute atomic E-state index is 0.165. The van der Waals surface area contributed by atoms with E-state index >= 15 is 0 Å². The topological polar surface area (TPSA) is 96.3 Å². The maximum absolute atomic E-state index is 14.1. The predicted octanol–water partition coefficient (Wildman–Crippen LogP) is 1.94. The van der Waals surface area contributed by atoms with Gasteiger partial charge in [0, 0.05) is 32.4 Å². The van der Waals surface area contributed by atoms with E-state index in [0.29, 0.717) is 49.3 Å². The molecule has 5 rings (SSSR count). The van der Waals surface area contributed by atoms with E-state index in [-0.39, 0.29) is 16.9 Å². The van der Waals surface area contributed by atoms with Gasteiger partial charge in [-0.15, -0.1) is 0 Å². The summed E-state index contributed by atoms with van der Waals surface area (Å²) in [6.45, 7) is 2.33. The van der Waals surface area contributed by atoms with Gasteiger partial charge in [-0.1, -0.05) is 24.3 Å². The maximum Gasteiger partial charge on any atom is 0.334 e. The number of methoxy groups -OCH3 is 1. The van der Waals surface area contributed by atoms with Crippen LogP contribution < -0.4 is 25.8 Å². The molecule has 168 valence electrons. The Balaban J connectivity index is 1.45. The number of hydrogen-bond donors (Lipinski definition) is 1. The minimum Gasteiger partial charge on any atom is -0.495 e. The average Bonchev–Trinajstić information content (AvgIpc) is 2.84. The zero-order chi connectivity index (χ0) is 22.9. The normalized spacial score (nSPS) is 14.0. The van der Waals surface area contributed by atoms with Gasteiger partial charge in [0.1, 0.15) is 17.0 Å². The molecule has 0 unspecified atom stereocenters. The molecule has 9 nitrogen and oxygen atoms in total. The highest BCUT2D eigenvalue weighted by Gasteiger charge is 2.22. The fraction of sp³-hybridized carbons (Fsp3) is 0.217. The average molecular weight is 448 g/mol. The van der Waals surface area contributed by atoms with Crippen LogP contribution in [0.5, 0.6) is 5.75 Å². The van der Waals surface area contributed by atoms with E-state index in [4.69, 9.17) is 4.74 Å². The highest BCUT2D eigenvalue weighted by molar-refractivity contribution is 5.74. The van der Waals surface area contributed by atoms with E-state index in [1.807, 2.05) is 15.9 Å². The maximum atomic E-state index is 14.1. The first-order valence-corrected chi connectivity index (χ1v) is 10.5. The van der Waals surface area contributed by atoms with E-state index in [1.54, 1.807) is 36.4 Å². The van der Waals surface area contributed by atoms with Gasteiger partial charge in [-0.2, -0.15) is 4.98 Å². The van der Waals surface area contributed by atoms with Crippen molar-refractivity contribution in [2.75, 3.05) is 43.1 Å². The molecule has 0 aliphatic carbocycles. The fourth-order valence-electron chi connectivity index (χ4n) is 4.04. The molecule has 0 radical (unpaired) electrons. The Morgan fingerprint density at radius 3 is 2.33 bits per heavy atom. The van der Waals surface area contributed by atoms with Crippen LogP contribution in [0, 0.1) is 5.82 Å². The first kappa shape index (κ1) is 20.7. The number of aromatic nitrogens is 4. The molecular formula is C23H21FN6O3. The number of piperazine rings is 1. The summed E-state index contributed by atoms with van der Waals surface area (Å²) in [4.78, 5) is 41.3. The molecule has 1 aliphatic rings. The van der Waals surface area contributed by atoms with Crippen LogP contribution in [0.15, 0.2) is 64.3 Å². The zero-order valence-electron chi connectivity index (χ0n) is 17.9. The number of anilines is 2. The van der Waals surface area contributed by atoms with Crippen LogP contribution in [0.3, 0.4) is 0 Å². The summed E-state index contributed by atoms with van der Waals surface area (Å²) in [5, 5.41) is 0.189. The largest absolute Gasteiger partial charge is 0.495 e. The number of rotatable bonds is 4. The van der Waals surface area contributed by atoms with Crippen LogP contribution in [0.2, 0.25) is 0 Å². The van der Waals surface area contributed by atoms with Crippen LogP contribution in [0.1, 0.15) is 0 Å². The van der Waals surface area contributed by atoms with Crippen molar-refractivity contribution < 1.29 is 9.13 Å². The number of ether oxygens (including phenoxy) is 1. The summed E-state index contributed by atoms with van der Waals surface area (Å²) in [5.41, 5.74) is -0.0860. The number of hydrogen-bond acceptors (Lipinski definition) is 7. The molecule has 1 aliphatic heterocycles. The molecular weight excluding hydrogens is 427 g/mol. The van der Waals surface area contributed by atoms with Gasteiger partial charge in [0.2, 0.25) is 5.95 Å². The van der Waals surface area contributed by atoms with E-state index in [2.05, 4.69) is 15.0 Å². The number of benzene rings is 2. The Morgan fingerprint density at radius 1 is 0.939 bits per heavy atom. The molecule has 33 heavy (non-hydrogen) atoms. The lowest BCUT2D eigenvalue weighted by Gasteiger charge is -2.36. The third kappa shape index (κ3) is 3.69. The van der Waals surface area contributed by atoms with E-state index in [1.165, 1.54) is 19.4 Å². The summed E-state index contributed by atoms with van der Waals surface area (Å²) in [6.07, 6.45) is 1.42. The number of fused-ring (bicyclic) bond motifs is 1. The third-order valence-corrected chi connectivity index (χ3v) is 5.72. The number of nitrogens with one attached hydrogen (secondary N) is 1. The second kappa shape index (κ2) is 8.38. The lowest BCUT2D eigenvalue weighted by molar-refractivity contribution is 0.412. The smallest absolute Gasteiger partial charge is 0.334 e. The molecule has 0 bridgehead atoms. The van der Waals surface area contributed by atoms with Gasteiger partial charge in [-0.25, -0.2) is 18.7 Å². The number of H-pyrrole nitrogens is 1. The molecule has 0 spiro atoms. The molecule has 1 N–H and O–H groups in total. The number of aromatic amines is 1. The van der Waals surface area contributed by atoms with Crippen molar-refractivity contribution in [1.82, 2.24) is 19.5 Å². The van der Waals surface area contributed by atoms with Crippen LogP contribution >= 0.6 is 0 Å². The lowest BCUT2D eigenvalue weighted by atomic mass is 10.2. The summed E-state index contributed by atoms with van der Waals surface area (Å²) >= 11 is 0. The van der Waals surface area contributed by atoms with Gasteiger partial charge in [-0.05, 0) is 24.3 Å². The van der Waals surface area contributed by atoms with Gasteiger partial charge in [0.05, 0.1) is 18.5 Å². The Kier molecular flexibility index (Phi) is 5.25. The molecule has 1 fully saturated rings. The molecule has 2 aromatic carbocycles. The standard InChI is InChI=1S/C23H21FN6O3/c1-33-19-9-5-4-8-18(19)30-21(31)15-14-25-22(26-20(15)27-23(30)32)29-12-10-28(11-13-29)17-7-3-2-6-16(17)24/h2-9,14H,10-13H2,1H3,(H,25,26,27,32). The lowest BCUT2D eigenvalue weighted by Crippen LogP contribution is -2.47. The van der Waals surface area contributed by atoms with Crippen molar-refractivity contribution in [3.05, 3.63) is 81.4 Å². The highest BCUT2D eigenvalue weighted by atomic mass is 19.1. The van der Waals surface area contributed by atoms with Crippen LogP contribution in [-0.4, -0.2) is 52.8 Å². The van der Waals surface area contributed by atoms with E-state index in [9.17, 15) is 14.0 Å². The third-order valence-electron chi connectivity index (χ3n) is 5.72. The summed E-state index contributed by atoms with van der Waals surface area (Å²) in [7, 11) is 1.47. The first-order valence-electron chi connectivity index (χ1n) is 10.5. The summed E-state index contributed by atoms with van der Waals surface area (Å²) in [5.74, 6) is 0.548. The monoisotopic (exact) mass is 448 g/mol. The number of para-hydroxylation sites is 3. The SMILES string of the molecule is COc1ccccc1-n1c(=O)[nH]c2nc(N3CCN(c4ccccc4F)CC3)ncc2c1=O. The Morgan fingerprint density at radius 2 is 1.61 bits per heavy atom. The quantitative estimate of drug-likeness (QED) is 0.510. The van der Waals surface area contributed by atoms with Crippen molar-refractivity contribution in [2.24, 2.45) is 0 Å². The van der Waals surface area contributed by atoms with Crippen molar-refractivity contribution in [2.45, 2.75) is 0 Å². The predicted molar refractivity (Wildman–Crippen MR) is 123 cm³/mol. The van der Waals surface area contributed by atoms with Gasteiger partial charge in [-0.3, -0.25) is 9.78 Å². The molecule has 0 amide bonds. The van der Waals surface area contributed by atoms with Crippen molar-refractivity contribution in [1.29, 1.82) is 0 Å². The Bertz CT molecular complexity index is 1440. The molecule has 0 atom stereocenters. The fourth-order valence-corrected chi connectivity index (χ4v) is 4.04. The van der Waals surface area contributed by atoms with Crippen LogP contribution in [0.4, 0.5) is 16.0 Å². The molecule has 1 saturated heterocycles. The van der Waals surface area contributed by atoms with Gasteiger partial charge in [0.15, 0.2) is 5.65 Å². The molecule has 10 heteroatoms. The summed E-state index contributed by atoms with van der Waals surface area (Å²) in [6, 6.07) is 13.5. The highest BCUT2D eigenvalue weighted by Crippen LogP contribution is 2.22. The minimum atomic E-state index is -0.619. The van der Waals surface area contributed by atoms with Crippen molar-refractivity contribution in [3.63, 3.8) is 0 Å². The molecule has 4 aromatic rings. The van der Waals surface area contributed by atoms with Crippen LogP contribution in [0.25, 0.3) is 16.7 Å². The van der Waals surface area contributed by atoms with Gasteiger partial charge >= 0.3 is 5.69 Å². The second-order valence-corrected chi connectivity index (χ2v) is 7.60. The zero-order valence-corrected chi connectivity index (χ0v) is 17.9. The van der Waals surface area contributed by atoms with Crippen LogP contribution in [-0.2, 0) is 0 Å². The molecule has 0 saturated carbocycles.